The lowest BCUT2D eigenvalue weighted by Crippen LogP contribution is -2.33. The molecule has 0 fully saturated rings. The Morgan fingerprint density at radius 3 is 2.33 bits per heavy atom. The van der Waals surface area contributed by atoms with Gasteiger partial charge in [-0.05, 0) is 40.0 Å². The third kappa shape index (κ3) is 16.0. The number of halogens is 2. The molecule has 0 saturated heterocycles. The average Bonchev–Trinajstić information content (AvgIpc) is 2.26. The first-order valence-electron chi connectivity index (χ1n) is 6.30. The number of carbonyl (C=O) groups excluding carboxylic acids is 1. The molecule has 1 amide bonds. The van der Waals surface area contributed by atoms with E-state index >= 15 is 0 Å². The fraction of sp³-hybridized carbons (Fsp3) is 0.917. The number of nitrogens with zero attached hydrogens (tertiary/aromatic N) is 1. The second-order valence-corrected chi connectivity index (χ2v) is 4.21. The predicted octanol–water partition coefficient (Wildman–Crippen LogP) is 1.68. The highest BCUT2D eigenvalue weighted by atomic mass is 35.5. The van der Waals surface area contributed by atoms with E-state index in [2.05, 4.69) is 29.5 Å². The minimum absolute atomic E-state index is 0. The van der Waals surface area contributed by atoms with Crippen molar-refractivity contribution in [2.24, 2.45) is 0 Å². The Morgan fingerprint density at radius 1 is 1.11 bits per heavy atom. The lowest BCUT2D eigenvalue weighted by atomic mass is 10.3. The SMILES string of the molecule is CCCCN(C)CCNC(=O)CCCNC.Cl.Cl. The third-order valence-corrected chi connectivity index (χ3v) is 2.54. The molecule has 4 nitrogen and oxygen atoms in total. The van der Waals surface area contributed by atoms with Gasteiger partial charge < -0.3 is 15.5 Å². The van der Waals surface area contributed by atoms with E-state index in [0.29, 0.717) is 6.42 Å². The van der Waals surface area contributed by atoms with Crippen molar-refractivity contribution < 1.29 is 4.79 Å². The molecule has 0 spiro atoms. The van der Waals surface area contributed by atoms with Gasteiger partial charge in [-0.15, -0.1) is 24.8 Å². The molecular weight excluding hydrogens is 273 g/mol. The van der Waals surface area contributed by atoms with Gasteiger partial charge in [0.2, 0.25) is 5.91 Å². The zero-order valence-corrected chi connectivity index (χ0v) is 13.5. The first-order valence-corrected chi connectivity index (χ1v) is 6.30. The fourth-order valence-electron chi connectivity index (χ4n) is 1.44. The standard InChI is InChI=1S/C12H27N3O.2ClH/c1-4-5-10-15(3)11-9-14-12(16)7-6-8-13-2;;/h13H,4-11H2,1-3H3,(H,14,16);2*1H. The van der Waals surface area contributed by atoms with Crippen LogP contribution in [-0.4, -0.2) is 51.1 Å². The second-order valence-electron chi connectivity index (χ2n) is 4.21. The van der Waals surface area contributed by atoms with Crippen LogP contribution in [0, 0.1) is 0 Å². The molecule has 0 saturated carbocycles. The van der Waals surface area contributed by atoms with Gasteiger partial charge >= 0.3 is 0 Å². The fourth-order valence-corrected chi connectivity index (χ4v) is 1.44. The predicted molar refractivity (Wildman–Crippen MR) is 83.1 cm³/mol. The summed E-state index contributed by atoms with van der Waals surface area (Å²) in [6.07, 6.45) is 3.99. The van der Waals surface area contributed by atoms with Gasteiger partial charge in [0.1, 0.15) is 0 Å². The number of hydrogen-bond donors (Lipinski definition) is 2. The molecule has 0 unspecified atom stereocenters. The Labute approximate surface area is 124 Å². The lowest BCUT2D eigenvalue weighted by molar-refractivity contribution is -0.121. The maximum absolute atomic E-state index is 11.4. The summed E-state index contributed by atoms with van der Waals surface area (Å²) in [4.78, 5) is 13.6. The van der Waals surface area contributed by atoms with Gasteiger partial charge in [0.15, 0.2) is 0 Å². The van der Waals surface area contributed by atoms with Crippen molar-refractivity contribution in [2.45, 2.75) is 32.6 Å². The monoisotopic (exact) mass is 301 g/mol. The van der Waals surface area contributed by atoms with E-state index < -0.39 is 0 Å². The second kappa shape index (κ2) is 17.0. The summed E-state index contributed by atoms with van der Waals surface area (Å²) in [7, 11) is 4.00. The molecule has 0 rings (SSSR count). The molecular formula is C12H29Cl2N3O. The quantitative estimate of drug-likeness (QED) is 0.604. The molecule has 0 heterocycles. The van der Waals surface area contributed by atoms with Crippen molar-refractivity contribution in [3.8, 4) is 0 Å². The highest BCUT2D eigenvalue weighted by Gasteiger charge is 2.01. The van der Waals surface area contributed by atoms with Crippen LogP contribution in [0.25, 0.3) is 0 Å². The molecule has 0 radical (unpaired) electrons. The van der Waals surface area contributed by atoms with Gasteiger partial charge in [0.25, 0.3) is 0 Å². The minimum Gasteiger partial charge on any atom is -0.355 e. The first-order chi connectivity index (χ1) is 7.70. The van der Waals surface area contributed by atoms with E-state index in [1.165, 1.54) is 12.8 Å². The van der Waals surface area contributed by atoms with Gasteiger partial charge in [-0.1, -0.05) is 13.3 Å². The Morgan fingerprint density at radius 2 is 1.78 bits per heavy atom. The van der Waals surface area contributed by atoms with Gasteiger partial charge in [-0.25, -0.2) is 0 Å². The van der Waals surface area contributed by atoms with Crippen molar-refractivity contribution in [1.29, 1.82) is 0 Å². The van der Waals surface area contributed by atoms with E-state index in [4.69, 9.17) is 0 Å². The molecule has 0 aromatic rings. The summed E-state index contributed by atoms with van der Waals surface area (Å²) < 4.78 is 0. The lowest BCUT2D eigenvalue weighted by Gasteiger charge is -2.16. The number of nitrogens with one attached hydrogen (secondary N) is 2. The van der Waals surface area contributed by atoms with E-state index in [0.717, 1.165) is 32.6 Å². The zero-order chi connectivity index (χ0) is 12.2. The molecule has 0 aliphatic carbocycles. The van der Waals surface area contributed by atoms with Crippen LogP contribution in [0.2, 0.25) is 0 Å². The molecule has 18 heavy (non-hydrogen) atoms. The molecule has 0 bridgehead atoms. The smallest absolute Gasteiger partial charge is 0.220 e. The highest BCUT2D eigenvalue weighted by molar-refractivity contribution is 5.85. The van der Waals surface area contributed by atoms with E-state index in [1.807, 2.05) is 7.05 Å². The summed E-state index contributed by atoms with van der Waals surface area (Å²) in [6, 6.07) is 0. The molecule has 0 aromatic heterocycles. The Balaban J connectivity index is -0.00000112. The van der Waals surface area contributed by atoms with Crippen LogP contribution in [0.4, 0.5) is 0 Å². The number of likely N-dealkylation sites (N-methyl/N-ethyl adjacent to an activating group) is 1. The number of amides is 1. The summed E-state index contributed by atoms with van der Waals surface area (Å²) in [6.45, 7) is 5.92. The number of hydrogen-bond acceptors (Lipinski definition) is 3. The maximum Gasteiger partial charge on any atom is 0.220 e. The number of rotatable bonds is 10. The third-order valence-electron chi connectivity index (χ3n) is 2.54. The van der Waals surface area contributed by atoms with Gasteiger partial charge in [0.05, 0.1) is 0 Å². The van der Waals surface area contributed by atoms with Crippen LogP contribution in [0.15, 0.2) is 0 Å². The Hall–Kier alpha value is -0.0300. The van der Waals surface area contributed by atoms with Gasteiger partial charge in [-0.2, -0.15) is 0 Å². The van der Waals surface area contributed by atoms with Crippen LogP contribution in [0.5, 0.6) is 0 Å². The Kier molecular flexibility index (Phi) is 21.8. The zero-order valence-electron chi connectivity index (χ0n) is 11.8. The van der Waals surface area contributed by atoms with Crippen LogP contribution < -0.4 is 10.6 Å². The molecule has 112 valence electrons. The summed E-state index contributed by atoms with van der Waals surface area (Å²) >= 11 is 0. The molecule has 0 aromatic carbocycles. The van der Waals surface area contributed by atoms with Crippen LogP contribution in [0.1, 0.15) is 32.6 Å². The topological polar surface area (TPSA) is 44.4 Å². The van der Waals surface area contributed by atoms with Gasteiger partial charge in [-0.3, -0.25) is 4.79 Å². The van der Waals surface area contributed by atoms with E-state index in [9.17, 15) is 4.79 Å². The highest BCUT2D eigenvalue weighted by Crippen LogP contribution is 1.91. The molecule has 2 N–H and O–H groups in total. The van der Waals surface area contributed by atoms with Crippen molar-refractivity contribution in [3.05, 3.63) is 0 Å². The van der Waals surface area contributed by atoms with E-state index in [1.54, 1.807) is 0 Å². The summed E-state index contributed by atoms with van der Waals surface area (Å²) in [5, 5.41) is 5.97. The van der Waals surface area contributed by atoms with Crippen molar-refractivity contribution in [2.75, 3.05) is 40.3 Å². The van der Waals surface area contributed by atoms with Gasteiger partial charge in [0, 0.05) is 19.5 Å². The van der Waals surface area contributed by atoms with Crippen LogP contribution in [-0.2, 0) is 4.79 Å². The average molecular weight is 302 g/mol. The molecule has 0 aliphatic rings. The number of carbonyl (C=O) groups is 1. The molecule has 6 heteroatoms. The number of unbranched alkanes of at least 4 members (excludes halogenated alkanes) is 1. The van der Waals surface area contributed by atoms with Crippen molar-refractivity contribution in [3.63, 3.8) is 0 Å². The Bertz CT molecular complexity index is 183. The van der Waals surface area contributed by atoms with Crippen LogP contribution in [0.3, 0.4) is 0 Å². The molecule has 0 aliphatic heterocycles. The van der Waals surface area contributed by atoms with Crippen molar-refractivity contribution >= 4 is 30.7 Å². The van der Waals surface area contributed by atoms with E-state index in [-0.39, 0.29) is 30.7 Å². The summed E-state index contributed by atoms with van der Waals surface area (Å²) in [5.74, 6) is 0.166. The maximum atomic E-state index is 11.4. The normalized spacial score (nSPS) is 9.56. The van der Waals surface area contributed by atoms with Crippen molar-refractivity contribution in [1.82, 2.24) is 15.5 Å². The largest absolute Gasteiger partial charge is 0.355 e. The summed E-state index contributed by atoms with van der Waals surface area (Å²) in [5.41, 5.74) is 0. The van der Waals surface area contributed by atoms with Crippen LogP contribution >= 0.6 is 24.8 Å². The minimum atomic E-state index is 0. The first kappa shape index (κ1) is 23.1. The molecule has 0 atom stereocenters.